The molecule has 0 aromatic heterocycles. The van der Waals surface area contributed by atoms with Crippen LogP contribution in [-0.4, -0.2) is 12.6 Å². The van der Waals surface area contributed by atoms with Gasteiger partial charge in [0.25, 0.3) is 0 Å². The van der Waals surface area contributed by atoms with Gasteiger partial charge in [-0.3, -0.25) is 4.79 Å². The number of carbonyl (C=O) groups excluding carboxylic acids is 1. The highest BCUT2D eigenvalue weighted by Crippen LogP contribution is 2.58. The maximum absolute atomic E-state index is 11.4. The molecule has 0 aromatic carbocycles. The zero-order chi connectivity index (χ0) is 10.1. The second kappa shape index (κ2) is 3.41. The molecule has 1 aliphatic rings. The summed E-state index contributed by atoms with van der Waals surface area (Å²) in [6.07, 6.45) is 0. The van der Waals surface area contributed by atoms with Crippen molar-refractivity contribution in [1.82, 2.24) is 0 Å². The molecular weight excluding hydrogens is 164 g/mol. The van der Waals surface area contributed by atoms with Gasteiger partial charge in [0.15, 0.2) is 0 Å². The van der Waals surface area contributed by atoms with Gasteiger partial charge < -0.3 is 4.74 Å². The fourth-order valence-electron chi connectivity index (χ4n) is 1.73. The molecular formula is C11H16O2. The molecule has 0 aromatic rings. The highest BCUT2D eigenvalue weighted by Gasteiger charge is 2.62. The minimum absolute atomic E-state index is 0.00919. The predicted molar refractivity (Wildman–Crippen MR) is 50.8 cm³/mol. The fraction of sp³-hybridized carbons (Fsp3) is 0.727. The van der Waals surface area contributed by atoms with E-state index in [1.807, 2.05) is 6.92 Å². The zero-order valence-electron chi connectivity index (χ0n) is 8.68. The summed E-state index contributed by atoms with van der Waals surface area (Å²) in [6.45, 7) is 8.20. The van der Waals surface area contributed by atoms with Crippen molar-refractivity contribution in [3.8, 4) is 11.8 Å². The summed E-state index contributed by atoms with van der Waals surface area (Å²) in [6, 6.07) is 0. The normalized spacial score (nSPS) is 28.6. The molecule has 0 N–H and O–H groups in total. The summed E-state index contributed by atoms with van der Waals surface area (Å²) in [5.74, 6) is 5.98. The Balaban J connectivity index is 2.63. The Morgan fingerprint density at radius 1 is 1.54 bits per heavy atom. The van der Waals surface area contributed by atoms with Crippen LogP contribution in [0.3, 0.4) is 0 Å². The minimum Gasteiger partial charge on any atom is -0.466 e. The Labute approximate surface area is 79.7 Å². The van der Waals surface area contributed by atoms with Crippen LogP contribution in [0.5, 0.6) is 0 Å². The molecule has 13 heavy (non-hydrogen) atoms. The van der Waals surface area contributed by atoms with Gasteiger partial charge in [0.05, 0.1) is 12.5 Å². The van der Waals surface area contributed by atoms with E-state index in [1.165, 1.54) is 0 Å². The van der Waals surface area contributed by atoms with Crippen molar-refractivity contribution in [3.05, 3.63) is 0 Å². The topological polar surface area (TPSA) is 26.3 Å². The number of ether oxygens (including phenoxy) is 1. The second-order valence-corrected chi connectivity index (χ2v) is 3.92. The summed E-state index contributed by atoms with van der Waals surface area (Å²) < 4.78 is 4.97. The third-order valence-corrected chi connectivity index (χ3v) is 2.67. The molecule has 2 heteroatoms. The van der Waals surface area contributed by atoms with E-state index in [2.05, 4.69) is 25.7 Å². The Morgan fingerprint density at radius 2 is 2.15 bits per heavy atom. The van der Waals surface area contributed by atoms with Crippen molar-refractivity contribution in [1.29, 1.82) is 0 Å². The van der Waals surface area contributed by atoms with E-state index < -0.39 is 0 Å². The number of hydrogen-bond acceptors (Lipinski definition) is 2. The van der Waals surface area contributed by atoms with Gasteiger partial charge in [-0.1, -0.05) is 19.8 Å². The molecule has 1 fully saturated rings. The Morgan fingerprint density at radius 3 is 2.62 bits per heavy atom. The van der Waals surface area contributed by atoms with Crippen LogP contribution in [0.2, 0.25) is 0 Å². The molecule has 2 nitrogen and oxygen atoms in total. The van der Waals surface area contributed by atoms with E-state index in [0.717, 1.165) is 0 Å². The van der Waals surface area contributed by atoms with E-state index in [0.29, 0.717) is 6.61 Å². The predicted octanol–water partition coefficient (Wildman–Crippen LogP) is 1.84. The van der Waals surface area contributed by atoms with E-state index >= 15 is 0 Å². The number of esters is 1. The molecule has 1 aliphatic carbocycles. The molecule has 1 saturated carbocycles. The smallest absolute Gasteiger partial charge is 0.310 e. The maximum Gasteiger partial charge on any atom is 0.310 e. The summed E-state index contributed by atoms with van der Waals surface area (Å²) in [4.78, 5) is 11.4. The highest BCUT2D eigenvalue weighted by molar-refractivity contribution is 5.78. The van der Waals surface area contributed by atoms with Crippen LogP contribution in [0.4, 0.5) is 0 Å². The molecule has 1 rings (SSSR count). The number of hydrogen-bond donors (Lipinski definition) is 0. The molecule has 0 heterocycles. The lowest BCUT2D eigenvalue weighted by atomic mass is 10.1. The van der Waals surface area contributed by atoms with Crippen LogP contribution in [0, 0.1) is 29.1 Å². The summed E-state index contributed by atoms with van der Waals surface area (Å²) in [5.41, 5.74) is 0.00919. The van der Waals surface area contributed by atoms with Gasteiger partial charge in [-0.15, -0.1) is 5.92 Å². The van der Waals surface area contributed by atoms with E-state index in [4.69, 9.17) is 4.74 Å². The largest absolute Gasteiger partial charge is 0.466 e. The van der Waals surface area contributed by atoms with E-state index in [1.54, 1.807) is 6.92 Å². The van der Waals surface area contributed by atoms with Gasteiger partial charge in [-0.2, -0.15) is 0 Å². The summed E-state index contributed by atoms with van der Waals surface area (Å²) >= 11 is 0. The lowest BCUT2D eigenvalue weighted by molar-refractivity contribution is -0.145. The Kier molecular flexibility index (Phi) is 2.66. The molecule has 0 radical (unpaired) electrons. The summed E-state index contributed by atoms with van der Waals surface area (Å²) in [5, 5.41) is 0. The minimum atomic E-state index is -0.0970. The first-order chi connectivity index (χ1) is 6.05. The quantitative estimate of drug-likeness (QED) is 0.479. The molecule has 0 saturated heterocycles. The van der Waals surface area contributed by atoms with E-state index in [-0.39, 0.29) is 23.2 Å². The fourth-order valence-corrected chi connectivity index (χ4v) is 1.73. The van der Waals surface area contributed by atoms with Crippen molar-refractivity contribution < 1.29 is 9.53 Å². The van der Waals surface area contributed by atoms with Gasteiger partial charge >= 0.3 is 5.97 Å². The lowest BCUT2D eigenvalue weighted by Crippen LogP contribution is -2.10. The number of carbonyl (C=O) groups is 1. The first-order valence-corrected chi connectivity index (χ1v) is 4.64. The van der Waals surface area contributed by atoms with Crippen LogP contribution in [0.25, 0.3) is 0 Å². The standard InChI is InChI=1S/C11H16O2/c1-5-7-8-9(11(8,3)4)10(12)13-6-2/h8-9H,6H2,1-4H3/t8-,9+/m1/s1. The second-order valence-electron chi connectivity index (χ2n) is 3.92. The van der Waals surface area contributed by atoms with Crippen molar-refractivity contribution in [2.45, 2.75) is 27.7 Å². The van der Waals surface area contributed by atoms with Gasteiger partial charge in [0, 0.05) is 5.92 Å². The first-order valence-electron chi connectivity index (χ1n) is 4.64. The number of rotatable bonds is 2. The van der Waals surface area contributed by atoms with Crippen LogP contribution in [-0.2, 0) is 9.53 Å². The van der Waals surface area contributed by atoms with Gasteiger partial charge in [-0.05, 0) is 19.3 Å². The SMILES string of the molecule is CC#C[C@@H]1[C@@H](C(=O)OCC)C1(C)C. The van der Waals surface area contributed by atoms with Crippen molar-refractivity contribution in [3.63, 3.8) is 0 Å². The Bertz CT molecular complexity index is 268. The van der Waals surface area contributed by atoms with Crippen molar-refractivity contribution >= 4 is 5.97 Å². The zero-order valence-corrected chi connectivity index (χ0v) is 8.68. The monoisotopic (exact) mass is 180 g/mol. The van der Waals surface area contributed by atoms with Gasteiger partial charge in [0.2, 0.25) is 0 Å². The molecule has 72 valence electrons. The van der Waals surface area contributed by atoms with Crippen LogP contribution in [0.15, 0.2) is 0 Å². The lowest BCUT2D eigenvalue weighted by Gasteiger charge is -2.01. The summed E-state index contributed by atoms with van der Waals surface area (Å²) in [7, 11) is 0. The molecule has 0 unspecified atom stereocenters. The maximum atomic E-state index is 11.4. The molecule has 0 aliphatic heterocycles. The van der Waals surface area contributed by atoms with E-state index in [9.17, 15) is 4.79 Å². The van der Waals surface area contributed by atoms with Crippen LogP contribution >= 0.6 is 0 Å². The average Bonchev–Trinajstić information content (AvgIpc) is 2.55. The Hall–Kier alpha value is -0.970. The third kappa shape index (κ3) is 1.70. The first kappa shape index (κ1) is 10.1. The van der Waals surface area contributed by atoms with Gasteiger partial charge in [-0.25, -0.2) is 0 Å². The van der Waals surface area contributed by atoms with Gasteiger partial charge in [0.1, 0.15) is 0 Å². The molecule has 0 amide bonds. The molecule has 0 bridgehead atoms. The van der Waals surface area contributed by atoms with Crippen LogP contribution in [0.1, 0.15) is 27.7 Å². The molecule has 0 spiro atoms. The average molecular weight is 180 g/mol. The highest BCUT2D eigenvalue weighted by atomic mass is 16.5. The van der Waals surface area contributed by atoms with Crippen molar-refractivity contribution in [2.24, 2.45) is 17.3 Å². The molecule has 2 atom stereocenters. The van der Waals surface area contributed by atoms with Crippen LogP contribution < -0.4 is 0 Å². The van der Waals surface area contributed by atoms with Crippen molar-refractivity contribution in [2.75, 3.05) is 6.61 Å². The third-order valence-electron chi connectivity index (χ3n) is 2.67.